The number of carbonyl (C=O) groups is 1. The molecule has 0 aromatic heterocycles. The van der Waals surface area contributed by atoms with Crippen LogP contribution < -0.4 is 15.4 Å². The third kappa shape index (κ3) is 5.74. The van der Waals surface area contributed by atoms with E-state index in [-0.39, 0.29) is 12.5 Å². The second kappa shape index (κ2) is 9.08. The molecule has 0 aliphatic rings. The summed E-state index contributed by atoms with van der Waals surface area (Å²) in [6.45, 7) is 5.25. The molecule has 0 spiro atoms. The van der Waals surface area contributed by atoms with Gasteiger partial charge in [0.1, 0.15) is 5.75 Å². The Hall–Kier alpha value is -3.01. The van der Waals surface area contributed by atoms with Crippen molar-refractivity contribution >= 4 is 28.1 Å². The van der Waals surface area contributed by atoms with Gasteiger partial charge in [-0.05, 0) is 47.4 Å². The van der Waals surface area contributed by atoms with Gasteiger partial charge >= 0.3 is 0 Å². The molecule has 27 heavy (non-hydrogen) atoms. The maximum Gasteiger partial charge on any atom is 0.243 e. The highest BCUT2D eigenvalue weighted by molar-refractivity contribution is 5.96. The predicted molar refractivity (Wildman–Crippen MR) is 112 cm³/mol. The molecule has 4 nitrogen and oxygen atoms in total. The van der Waals surface area contributed by atoms with Gasteiger partial charge in [-0.1, -0.05) is 50.2 Å². The Bertz CT molecular complexity index is 906. The molecule has 3 aromatic rings. The first-order valence-electron chi connectivity index (χ1n) is 9.35. The third-order valence-corrected chi connectivity index (χ3v) is 4.28. The smallest absolute Gasteiger partial charge is 0.243 e. The van der Waals surface area contributed by atoms with E-state index in [4.69, 9.17) is 4.74 Å². The molecule has 0 saturated carbocycles. The van der Waals surface area contributed by atoms with Crippen molar-refractivity contribution in [1.82, 2.24) is 0 Å². The van der Waals surface area contributed by atoms with E-state index >= 15 is 0 Å². The second-order valence-corrected chi connectivity index (χ2v) is 7.02. The van der Waals surface area contributed by atoms with Crippen molar-refractivity contribution in [1.29, 1.82) is 0 Å². The van der Waals surface area contributed by atoms with E-state index in [1.807, 2.05) is 60.7 Å². The van der Waals surface area contributed by atoms with Gasteiger partial charge in [0.05, 0.1) is 13.2 Å². The van der Waals surface area contributed by atoms with Crippen molar-refractivity contribution in [2.24, 2.45) is 5.92 Å². The maximum absolute atomic E-state index is 12.2. The Balaban J connectivity index is 1.52. The Labute approximate surface area is 160 Å². The molecular formula is C23H26N2O2. The van der Waals surface area contributed by atoms with Crippen LogP contribution >= 0.6 is 0 Å². The first kappa shape index (κ1) is 18.8. The largest absolute Gasteiger partial charge is 0.494 e. The SMILES string of the molecule is CC(C)CCOc1cccc(NCC(=O)Nc2ccc3ccccc3c2)c1. The van der Waals surface area contributed by atoms with Gasteiger partial charge in [0.2, 0.25) is 5.91 Å². The number of rotatable bonds is 8. The maximum atomic E-state index is 12.2. The molecular weight excluding hydrogens is 336 g/mol. The van der Waals surface area contributed by atoms with Gasteiger partial charge in [0.25, 0.3) is 0 Å². The summed E-state index contributed by atoms with van der Waals surface area (Å²) in [5.74, 6) is 1.34. The molecule has 0 fully saturated rings. The standard InChI is InChI=1S/C23H26N2O2/c1-17(2)12-13-27-22-9-5-8-20(15-22)24-16-23(26)25-21-11-10-18-6-3-4-7-19(18)14-21/h3-11,14-15,17,24H,12-13,16H2,1-2H3,(H,25,26). The Morgan fingerprint density at radius 3 is 2.56 bits per heavy atom. The van der Waals surface area contributed by atoms with Crippen LogP contribution in [-0.4, -0.2) is 19.1 Å². The molecule has 2 N–H and O–H groups in total. The van der Waals surface area contributed by atoms with Crippen LogP contribution in [0, 0.1) is 5.92 Å². The van der Waals surface area contributed by atoms with E-state index in [2.05, 4.69) is 30.5 Å². The second-order valence-electron chi connectivity index (χ2n) is 7.02. The number of amides is 1. The summed E-state index contributed by atoms with van der Waals surface area (Å²) in [6.07, 6.45) is 1.02. The van der Waals surface area contributed by atoms with Gasteiger partial charge in [-0.3, -0.25) is 4.79 Å². The number of anilines is 2. The predicted octanol–water partition coefficient (Wildman–Crippen LogP) is 5.32. The fourth-order valence-corrected chi connectivity index (χ4v) is 2.76. The molecule has 0 bridgehead atoms. The average Bonchev–Trinajstić information content (AvgIpc) is 2.66. The molecule has 4 heteroatoms. The number of fused-ring (bicyclic) bond motifs is 1. The lowest BCUT2D eigenvalue weighted by molar-refractivity contribution is -0.114. The lowest BCUT2D eigenvalue weighted by Crippen LogP contribution is -2.21. The average molecular weight is 362 g/mol. The molecule has 140 valence electrons. The summed E-state index contributed by atoms with van der Waals surface area (Å²) in [4.78, 5) is 12.2. The summed E-state index contributed by atoms with van der Waals surface area (Å²) in [5.41, 5.74) is 1.66. The molecule has 3 aromatic carbocycles. The van der Waals surface area contributed by atoms with Crippen molar-refractivity contribution in [3.63, 3.8) is 0 Å². The summed E-state index contributed by atoms with van der Waals surface area (Å²) < 4.78 is 5.76. The van der Waals surface area contributed by atoms with Gasteiger partial charge in [0, 0.05) is 17.4 Å². The van der Waals surface area contributed by atoms with Gasteiger partial charge in [-0.2, -0.15) is 0 Å². The Morgan fingerprint density at radius 2 is 1.74 bits per heavy atom. The van der Waals surface area contributed by atoms with Crippen molar-refractivity contribution in [3.8, 4) is 5.75 Å². The van der Waals surface area contributed by atoms with Crippen LogP contribution in [0.4, 0.5) is 11.4 Å². The first-order valence-corrected chi connectivity index (χ1v) is 9.35. The monoisotopic (exact) mass is 362 g/mol. The molecule has 0 saturated heterocycles. The van der Waals surface area contributed by atoms with Crippen LogP contribution in [0.1, 0.15) is 20.3 Å². The van der Waals surface area contributed by atoms with Crippen molar-refractivity contribution < 1.29 is 9.53 Å². The molecule has 1 amide bonds. The molecule has 0 radical (unpaired) electrons. The highest BCUT2D eigenvalue weighted by Crippen LogP contribution is 2.20. The van der Waals surface area contributed by atoms with Crippen LogP contribution in [-0.2, 0) is 4.79 Å². The Morgan fingerprint density at radius 1 is 0.926 bits per heavy atom. The minimum absolute atomic E-state index is 0.0867. The number of nitrogens with one attached hydrogen (secondary N) is 2. The Kier molecular flexibility index (Phi) is 6.31. The van der Waals surface area contributed by atoms with Gasteiger partial charge < -0.3 is 15.4 Å². The third-order valence-electron chi connectivity index (χ3n) is 4.28. The fraction of sp³-hybridized carbons (Fsp3) is 0.261. The van der Waals surface area contributed by atoms with Crippen LogP contribution in [0.3, 0.4) is 0 Å². The number of benzene rings is 3. The number of carbonyl (C=O) groups excluding carboxylic acids is 1. The van der Waals surface area contributed by atoms with Crippen molar-refractivity contribution in [2.45, 2.75) is 20.3 Å². The van der Waals surface area contributed by atoms with E-state index in [1.165, 1.54) is 0 Å². The molecule has 0 atom stereocenters. The van der Waals surface area contributed by atoms with E-state index < -0.39 is 0 Å². The highest BCUT2D eigenvalue weighted by Gasteiger charge is 2.04. The summed E-state index contributed by atoms with van der Waals surface area (Å²) in [6, 6.07) is 21.7. The van der Waals surface area contributed by atoms with Crippen LogP contribution in [0.5, 0.6) is 5.75 Å². The quantitative estimate of drug-likeness (QED) is 0.570. The van der Waals surface area contributed by atoms with E-state index in [9.17, 15) is 4.79 Å². The van der Waals surface area contributed by atoms with E-state index in [0.29, 0.717) is 12.5 Å². The minimum Gasteiger partial charge on any atom is -0.494 e. The summed E-state index contributed by atoms with van der Waals surface area (Å²) in [7, 11) is 0. The summed E-state index contributed by atoms with van der Waals surface area (Å²) in [5, 5.41) is 8.34. The fourth-order valence-electron chi connectivity index (χ4n) is 2.76. The van der Waals surface area contributed by atoms with Crippen molar-refractivity contribution in [2.75, 3.05) is 23.8 Å². The zero-order valence-corrected chi connectivity index (χ0v) is 15.9. The molecule has 0 aliphatic heterocycles. The number of hydrogen-bond donors (Lipinski definition) is 2. The lowest BCUT2D eigenvalue weighted by Gasteiger charge is -2.11. The van der Waals surface area contributed by atoms with Gasteiger partial charge in [-0.25, -0.2) is 0 Å². The highest BCUT2D eigenvalue weighted by atomic mass is 16.5. The van der Waals surface area contributed by atoms with E-state index in [0.717, 1.165) is 34.3 Å². The topological polar surface area (TPSA) is 50.4 Å². The van der Waals surface area contributed by atoms with Crippen LogP contribution in [0.25, 0.3) is 10.8 Å². The molecule has 0 aliphatic carbocycles. The summed E-state index contributed by atoms with van der Waals surface area (Å²) >= 11 is 0. The van der Waals surface area contributed by atoms with Crippen molar-refractivity contribution in [3.05, 3.63) is 66.7 Å². The minimum atomic E-state index is -0.0867. The normalized spacial score (nSPS) is 10.8. The van der Waals surface area contributed by atoms with Gasteiger partial charge in [-0.15, -0.1) is 0 Å². The van der Waals surface area contributed by atoms with E-state index in [1.54, 1.807) is 0 Å². The zero-order chi connectivity index (χ0) is 19.1. The number of hydrogen-bond acceptors (Lipinski definition) is 3. The van der Waals surface area contributed by atoms with Gasteiger partial charge in [0.15, 0.2) is 0 Å². The molecule has 0 heterocycles. The van der Waals surface area contributed by atoms with Crippen LogP contribution in [0.2, 0.25) is 0 Å². The van der Waals surface area contributed by atoms with Crippen LogP contribution in [0.15, 0.2) is 66.7 Å². The number of ether oxygens (including phenoxy) is 1. The lowest BCUT2D eigenvalue weighted by atomic mass is 10.1. The molecule has 3 rings (SSSR count). The molecule has 0 unspecified atom stereocenters. The zero-order valence-electron chi connectivity index (χ0n) is 15.9. The first-order chi connectivity index (χ1) is 13.1.